The molecule has 0 saturated carbocycles. The molecule has 0 saturated heterocycles. The second-order valence-corrected chi connectivity index (χ2v) is 19.8. The van der Waals surface area contributed by atoms with Crippen molar-refractivity contribution in [2.24, 2.45) is 0 Å². The van der Waals surface area contributed by atoms with Gasteiger partial charge in [0, 0.05) is 0 Å². The third-order valence-electron chi connectivity index (χ3n) is 3.19. The van der Waals surface area contributed by atoms with Crippen LogP contribution >= 0.6 is 0 Å². The number of nitrogens with zero attached hydrogens (tertiary/aromatic N) is 3. The number of ether oxygens (including phenoxy) is 1. The van der Waals surface area contributed by atoms with E-state index in [1.807, 2.05) is 7.11 Å². The van der Waals surface area contributed by atoms with Gasteiger partial charge in [-0.05, 0) is 0 Å². The van der Waals surface area contributed by atoms with Crippen molar-refractivity contribution in [1.29, 1.82) is 0 Å². The molecule has 92 valence electrons. The molecular formula is C10H27N3OSn. The Balaban J connectivity index is 5.53. The van der Waals surface area contributed by atoms with E-state index in [0.29, 0.717) is 0 Å². The molecule has 0 heterocycles. The monoisotopic (exact) mass is 325 g/mol. The van der Waals surface area contributed by atoms with Gasteiger partial charge in [0.25, 0.3) is 0 Å². The van der Waals surface area contributed by atoms with Gasteiger partial charge < -0.3 is 0 Å². The fourth-order valence-electron chi connectivity index (χ4n) is 2.95. The van der Waals surface area contributed by atoms with E-state index in [-0.39, 0.29) is 3.62 Å². The Hall–Kier alpha value is 0.639. The van der Waals surface area contributed by atoms with Gasteiger partial charge >= 0.3 is 100 Å². The zero-order chi connectivity index (χ0) is 12.4. The Morgan fingerprint density at radius 2 is 1.07 bits per heavy atom. The van der Waals surface area contributed by atoms with Crippen molar-refractivity contribution < 1.29 is 4.74 Å². The molecule has 0 amide bonds. The summed E-state index contributed by atoms with van der Waals surface area (Å²) in [5.41, 5.74) is 0. The molecule has 0 aromatic carbocycles. The van der Waals surface area contributed by atoms with Gasteiger partial charge in [-0.25, -0.2) is 0 Å². The topological polar surface area (TPSA) is 19.0 Å². The molecule has 0 rings (SSSR count). The Kier molecular flexibility index (Phi) is 5.54. The summed E-state index contributed by atoms with van der Waals surface area (Å²) in [5, 5.41) is 0. The fraction of sp³-hybridized carbons (Fsp3) is 1.00. The quantitative estimate of drug-likeness (QED) is 0.689. The summed E-state index contributed by atoms with van der Waals surface area (Å²) >= 11 is -2.85. The van der Waals surface area contributed by atoms with E-state index in [2.05, 4.69) is 65.5 Å². The standard InChI is InChI=1S/C4H9O.3C2H6N.Sn/c1-4(2)5-3;3*1-3-2;/h1-3H3;3*1-2H3;/q;3*-1;+3. The van der Waals surface area contributed by atoms with Gasteiger partial charge in [0.05, 0.1) is 0 Å². The van der Waals surface area contributed by atoms with Crippen LogP contribution in [-0.4, -0.2) is 81.6 Å². The maximum absolute atomic E-state index is 5.76. The summed E-state index contributed by atoms with van der Waals surface area (Å²) in [6, 6.07) is 0. The van der Waals surface area contributed by atoms with Crippen LogP contribution in [0, 0.1) is 0 Å². The average molecular weight is 324 g/mol. The molecule has 0 N–H and O–H groups in total. The van der Waals surface area contributed by atoms with Crippen molar-refractivity contribution in [1.82, 2.24) is 9.36 Å². The van der Waals surface area contributed by atoms with E-state index in [0.717, 1.165) is 0 Å². The van der Waals surface area contributed by atoms with Crippen molar-refractivity contribution in [3.63, 3.8) is 0 Å². The van der Waals surface area contributed by atoms with E-state index >= 15 is 0 Å². The first-order valence-electron chi connectivity index (χ1n) is 5.22. The zero-order valence-electron chi connectivity index (χ0n) is 11.7. The number of methoxy groups -OCH3 is 1. The van der Waals surface area contributed by atoms with Crippen LogP contribution in [0.4, 0.5) is 0 Å². The molecule has 0 aliphatic rings. The van der Waals surface area contributed by atoms with Gasteiger partial charge in [-0.3, -0.25) is 0 Å². The number of hydrogen-bond acceptors (Lipinski definition) is 4. The number of rotatable bonds is 5. The Labute approximate surface area is 100 Å². The zero-order valence-corrected chi connectivity index (χ0v) is 14.6. The summed E-state index contributed by atoms with van der Waals surface area (Å²) in [7, 11) is 14.8. The fourth-order valence-corrected chi connectivity index (χ4v) is 19.8. The summed E-state index contributed by atoms with van der Waals surface area (Å²) in [5.74, 6) is 0. The summed E-state index contributed by atoms with van der Waals surface area (Å²) in [6.45, 7) is 4.39. The van der Waals surface area contributed by atoms with Gasteiger partial charge in [-0.15, -0.1) is 0 Å². The van der Waals surface area contributed by atoms with Crippen LogP contribution in [0.25, 0.3) is 0 Å². The van der Waals surface area contributed by atoms with Gasteiger partial charge in [0.1, 0.15) is 0 Å². The number of hydrogen-bond donors (Lipinski definition) is 0. The van der Waals surface area contributed by atoms with Gasteiger partial charge in [-0.1, -0.05) is 0 Å². The van der Waals surface area contributed by atoms with E-state index in [9.17, 15) is 0 Å². The maximum atomic E-state index is 5.76. The predicted molar refractivity (Wildman–Crippen MR) is 67.9 cm³/mol. The molecule has 0 aromatic rings. The van der Waals surface area contributed by atoms with Gasteiger partial charge in [-0.2, -0.15) is 0 Å². The van der Waals surface area contributed by atoms with Crippen molar-refractivity contribution in [2.45, 2.75) is 17.5 Å². The molecule has 0 aromatic heterocycles. The van der Waals surface area contributed by atoms with Crippen LogP contribution in [0.3, 0.4) is 0 Å². The van der Waals surface area contributed by atoms with E-state index in [1.165, 1.54) is 0 Å². The molecule has 0 aliphatic heterocycles. The van der Waals surface area contributed by atoms with Crippen LogP contribution in [0.2, 0.25) is 0 Å². The van der Waals surface area contributed by atoms with E-state index in [4.69, 9.17) is 4.74 Å². The molecule has 0 unspecified atom stereocenters. The summed E-state index contributed by atoms with van der Waals surface area (Å²) in [6.07, 6.45) is 0. The van der Waals surface area contributed by atoms with Crippen molar-refractivity contribution in [2.75, 3.05) is 49.4 Å². The molecule has 0 fully saturated rings. The normalized spacial score (nSPS) is 14.4. The minimum atomic E-state index is -2.85. The van der Waals surface area contributed by atoms with Gasteiger partial charge in [0.2, 0.25) is 0 Å². The van der Waals surface area contributed by atoms with Crippen LogP contribution in [-0.2, 0) is 4.74 Å². The Morgan fingerprint density at radius 1 is 0.800 bits per heavy atom. The van der Waals surface area contributed by atoms with Gasteiger partial charge in [0.15, 0.2) is 0 Å². The molecule has 5 heteroatoms. The van der Waals surface area contributed by atoms with Crippen LogP contribution < -0.4 is 0 Å². The molecule has 0 bridgehead atoms. The second-order valence-electron chi connectivity index (χ2n) is 5.03. The summed E-state index contributed by atoms with van der Waals surface area (Å²) in [4.78, 5) is 0. The first kappa shape index (κ1) is 15.6. The Bertz CT molecular complexity index is 183. The predicted octanol–water partition coefficient (Wildman–Crippen LogP) is 0.574. The molecule has 0 radical (unpaired) electrons. The van der Waals surface area contributed by atoms with Crippen LogP contribution in [0.1, 0.15) is 13.8 Å². The molecule has 4 nitrogen and oxygen atoms in total. The van der Waals surface area contributed by atoms with E-state index in [1.54, 1.807) is 0 Å². The first-order valence-corrected chi connectivity index (χ1v) is 10.5. The SMILES string of the molecule is CO[C](C)(C)[Sn]([N](C)C)([N](C)C)[N](C)C. The van der Waals surface area contributed by atoms with Crippen LogP contribution in [0.15, 0.2) is 0 Å². The molecule has 0 atom stereocenters. The molecule has 15 heavy (non-hydrogen) atoms. The second kappa shape index (κ2) is 5.31. The molecular weight excluding hydrogens is 297 g/mol. The average Bonchev–Trinajstić information content (AvgIpc) is 2.02. The van der Waals surface area contributed by atoms with Crippen molar-refractivity contribution >= 4 is 19.2 Å². The third-order valence-corrected chi connectivity index (χ3v) is 19.1. The van der Waals surface area contributed by atoms with Crippen molar-refractivity contribution in [3.05, 3.63) is 0 Å². The molecule has 0 spiro atoms. The first-order chi connectivity index (χ1) is 6.64. The molecule has 0 aliphatic carbocycles. The minimum absolute atomic E-state index is 0.0921. The Morgan fingerprint density at radius 3 is 1.13 bits per heavy atom. The van der Waals surface area contributed by atoms with Crippen LogP contribution in [0.5, 0.6) is 0 Å². The van der Waals surface area contributed by atoms with E-state index < -0.39 is 19.2 Å². The van der Waals surface area contributed by atoms with Crippen molar-refractivity contribution in [3.8, 4) is 0 Å². The summed E-state index contributed by atoms with van der Waals surface area (Å²) < 4.78 is 12.8. The third kappa shape index (κ3) is 2.49.